The molecule has 216 valence electrons. The van der Waals surface area contributed by atoms with Gasteiger partial charge in [-0.05, 0) is 51.0 Å². The molecule has 5 rings (SSSR count). The fourth-order valence-corrected chi connectivity index (χ4v) is 5.45. The Morgan fingerprint density at radius 2 is 1.93 bits per heavy atom. The number of aliphatic hydroxyl groups is 1. The number of nitrogens with one attached hydrogen (secondary N) is 2. The van der Waals surface area contributed by atoms with E-state index in [4.69, 9.17) is 9.47 Å². The number of anilines is 1. The molecule has 1 aliphatic heterocycles. The molecule has 1 fully saturated rings. The van der Waals surface area contributed by atoms with Crippen LogP contribution >= 0.6 is 11.3 Å². The number of aromatic nitrogens is 4. The van der Waals surface area contributed by atoms with E-state index in [9.17, 15) is 9.90 Å². The molecule has 1 aliphatic rings. The van der Waals surface area contributed by atoms with E-state index in [1.165, 1.54) is 11.3 Å². The Hall–Kier alpha value is -3.71. The zero-order valence-corrected chi connectivity index (χ0v) is 24.3. The van der Waals surface area contributed by atoms with Crippen LogP contribution in [0.25, 0.3) is 32.6 Å². The molecule has 0 spiro atoms. The van der Waals surface area contributed by atoms with Crippen LogP contribution in [0.3, 0.4) is 0 Å². The highest BCUT2D eigenvalue weighted by molar-refractivity contribution is 7.22. The van der Waals surface area contributed by atoms with E-state index in [2.05, 4.69) is 35.5 Å². The molecule has 4 aromatic rings. The van der Waals surface area contributed by atoms with Crippen molar-refractivity contribution in [2.24, 2.45) is 0 Å². The lowest BCUT2D eigenvalue weighted by Crippen LogP contribution is -2.37. The Kier molecular flexibility index (Phi) is 9.03. The van der Waals surface area contributed by atoms with Gasteiger partial charge in [-0.15, -0.1) is 0 Å². The maximum Gasteiger partial charge on any atom is 0.321 e. The van der Waals surface area contributed by atoms with Crippen molar-refractivity contribution in [1.29, 1.82) is 0 Å². The van der Waals surface area contributed by atoms with Crippen LogP contribution in [0.15, 0.2) is 42.9 Å². The van der Waals surface area contributed by atoms with E-state index >= 15 is 0 Å². The molecule has 0 atom stereocenters. The van der Waals surface area contributed by atoms with Crippen molar-refractivity contribution in [3.05, 3.63) is 48.7 Å². The van der Waals surface area contributed by atoms with Crippen LogP contribution in [0.4, 0.5) is 9.93 Å². The Morgan fingerprint density at radius 1 is 1.15 bits per heavy atom. The predicted molar refractivity (Wildman–Crippen MR) is 159 cm³/mol. The number of pyridine rings is 1. The molecule has 0 bridgehead atoms. The van der Waals surface area contributed by atoms with Crippen molar-refractivity contribution in [2.75, 3.05) is 51.3 Å². The summed E-state index contributed by atoms with van der Waals surface area (Å²) < 4.78 is 12.4. The van der Waals surface area contributed by atoms with Crippen LogP contribution in [-0.4, -0.2) is 82.0 Å². The van der Waals surface area contributed by atoms with Crippen molar-refractivity contribution >= 4 is 32.7 Å². The summed E-state index contributed by atoms with van der Waals surface area (Å²) in [6.07, 6.45) is 6.03. The van der Waals surface area contributed by atoms with E-state index < -0.39 is 5.60 Å². The van der Waals surface area contributed by atoms with Gasteiger partial charge in [-0.2, -0.15) is 0 Å². The molecule has 2 amide bonds. The van der Waals surface area contributed by atoms with E-state index in [1.54, 1.807) is 32.4 Å². The maximum absolute atomic E-state index is 12.2. The number of carbonyl (C=O) groups is 1. The van der Waals surface area contributed by atoms with Crippen molar-refractivity contribution in [2.45, 2.75) is 32.8 Å². The molecule has 11 nitrogen and oxygen atoms in total. The Bertz CT molecular complexity index is 1480. The summed E-state index contributed by atoms with van der Waals surface area (Å²) in [4.78, 5) is 32.7. The highest BCUT2D eigenvalue weighted by atomic mass is 32.1. The molecule has 0 aliphatic carbocycles. The monoisotopic (exact) mass is 577 g/mol. The Labute approximate surface area is 243 Å². The third-order valence-corrected chi connectivity index (χ3v) is 7.60. The number of hydrogen-bond acceptors (Lipinski definition) is 10. The van der Waals surface area contributed by atoms with E-state index in [-0.39, 0.29) is 6.03 Å². The quantitative estimate of drug-likeness (QED) is 0.236. The smallest absolute Gasteiger partial charge is 0.321 e. The minimum Gasteiger partial charge on any atom is -0.493 e. The van der Waals surface area contributed by atoms with Crippen molar-refractivity contribution in [3.8, 4) is 28.1 Å². The van der Waals surface area contributed by atoms with Crippen LogP contribution in [0, 0.1) is 0 Å². The molecule has 12 heteroatoms. The summed E-state index contributed by atoms with van der Waals surface area (Å²) in [5.41, 5.74) is 2.74. The average Bonchev–Trinajstić information content (AvgIpc) is 3.37. The first-order valence-electron chi connectivity index (χ1n) is 13.7. The fourth-order valence-electron chi connectivity index (χ4n) is 4.49. The second-order valence-corrected chi connectivity index (χ2v) is 11.3. The molecule has 3 aromatic heterocycles. The SMILES string of the molecule is CCNC(=O)Nc1nc2cc(-c3cnc(C(C)(C)O)nc3)cc(-c3cc(OCCCN4CCOCC4)ccn3)c2s1. The number of benzene rings is 1. The largest absolute Gasteiger partial charge is 0.493 e. The number of carbonyl (C=O) groups excluding carboxylic acids is 1. The van der Waals surface area contributed by atoms with Crippen LogP contribution in [-0.2, 0) is 10.3 Å². The molecule has 1 aromatic carbocycles. The highest BCUT2D eigenvalue weighted by Crippen LogP contribution is 2.38. The van der Waals surface area contributed by atoms with Crippen LogP contribution in [0.2, 0.25) is 0 Å². The first-order chi connectivity index (χ1) is 19.8. The Morgan fingerprint density at radius 3 is 2.66 bits per heavy atom. The van der Waals surface area contributed by atoms with Gasteiger partial charge in [-0.1, -0.05) is 11.3 Å². The van der Waals surface area contributed by atoms with Crippen molar-refractivity contribution in [1.82, 2.24) is 30.2 Å². The molecule has 4 heterocycles. The number of rotatable bonds is 10. The number of morpholine rings is 1. The second kappa shape index (κ2) is 12.9. The van der Waals surface area contributed by atoms with Gasteiger partial charge in [0.15, 0.2) is 11.0 Å². The number of fused-ring (bicyclic) bond motifs is 1. The first-order valence-corrected chi connectivity index (χ1v) is 14.6. The summed E-state index contributed by atoms with van der Waals surface area (Å²) in [6.45, 7) is 10.7. The normalized spacial score (nSPS) is 14.2. The molecule has 0 radical (unpaired) electrons. The average molecular weight is 578 g/mol. The summed E-state index contributed by atoms with van der Waals surface area (Å²) in [6, 6.07) is 7.43. The molecular weight excluding hydrogens is 542 g/mol. The molecular formula is C29H35N7O4S. The van der Waals surface area contributed by atoms with Gasteiger partial charge < -0.3 is 19.9 Å². The van der Waals surface area contributed by atoms with E-state index in [1.807, 2.05) is 31.2 Å². The van der Waals surface area contributed by atoms with E-state index in [0.29, 0.717) is 29.6 Å². The lowest BCUT2D eigenvalue weighted by molar-refractivity contribution is 0.0358. The zero-order chi connectivity index (χ0) is 28.8. The van der Waals surface area contributed by atoms with E-state index in [0.717, 1.165) is 72.1 Å². The number of nitrogens with zero attached hydrogens (tertiary/aromatic N) is 5. The van der Waals surface area contributed by atoms with Gasteiger partial charge in [-0.3, -0.25) is 15.2 Å². The third-order valence-electron chi connectivity index (χ3n) is 6.58. The molecule has 0 saturated carbocycles. The van der Waals surface area contributed by atoms with Gasteiger partial charge in [0.1, 0.15) is 11.4 Å². The molecule has 41 heavy (non-hydrogen) atoms. The summed E-state index contributed by atoms with van der Waals surface area (Å²) in [7, 11) is 0. The topological polar surface area (TPSA) is 135 Å². The van der Waals surface area contributed by atoms with Crippen molar-refractivity contribution in [3.63, 3.8) is 0 Å². The van der Waals surface area contributed by atoms with Crippen LogP contribution in [0.5, 0.6) is 5.75 Å². The first kappa shape index (κ1) is 28.8. The minimum atomic E-state index is -1.14. The summed E-state index contributed by atoms with van der Waals surface area (Å²) in [5, 5.41) is 16.3. The lowest BCUT2D eigenvalue weighted by atomic mass is 10.0. The van der Waals surface area contributed by atoms with Gasteiger partial charge >= 0.3 is 6.03 Å². The van der Waals surface area contributed by atoms with Gasteiger partial charge in [0.2, 0.25) is 0 Å². The Balaban J connectivity index is 1.44. The molecule has 1 saturated heterocycles. The van der Waals surface area contributed by atoms with Crippen LogP contribution < -0.4 is 15.4 Å². The third kappa shape index (κ3) is 7.33. The van der Waals surface area contributed by atoms with Gasteiger partial charge in [-0.25, -0.2) is 19.7 Å². The van der Waals surface area contributed by atoms with Gasteiger partial charge in [0.05, 0.1) is 35.7 Å². The maximum atomic E-state index is 12.2. The van der Waals surface area contributed by atoms with Crippen LogP contribution in [0.1, 0.15) is 33.0 Å². The van der Waals surface area contributed by atoms with Gasteiger partial charge in [0.25, 0.3) is 0 Å². The summed E-state index contributed by atoms with van der Waals surface area (Å²) >= 11 is 1.38. The molecule has 0 unspecified atom stereocenters. The minimum absolute atomic E-state index is 0.311. The van der Waals surface area contributed by atoms with Gasteiger partial charge in [0, 0.05) is 62.0 Å². The number of urea groups is 1. The fraction of sp³-hybridized carbons (Fsp3) is 0.414. The zero-order valence-electron chi connectivity index (χ0n) is 23.5. The molecule has 3 N–H and O–H groups in total. The number of thiazole rings is 1. The predicted octanol–water partition coefficient (Wildman–Crippen LogP) is 4.29. The number of amides is 2. The number of ether oxygens (including phenoxy) is 2. The van der Waals surface area contributed by atoms with Crippen molar-refractivity contribution < 1.29 is 19.4 Å². The summed E-state index contributed by atoms with van der Waals surface area (Å²) in [5.74, 6) is 1.07. The lowest BCUT2D eigenvalue weighted by Gasteiger charge is -2.26. The standard InChI is InChI=1S/C29H35N7O4S/c1-4-30-27(37)35-28-34-24-15-19(20-17-32-26(33-18-20)29(2,3)38)14-22(25(24)41-28)23-16-21(6-7-31-23)40-11-5-8-36-9-12-39-13-10-36/h6-7,14-18,38H,4-5,8-13H2,1-3H3,(H2,30,34,35,37). The second-order valence-electron chi connectivity index (χ2n) is 10.3. The highest BCUT2D eigenvalue weighted by Gasteiger charge is 2.20. The number of hydrogen-bond donors (Lipinski definition) is 3.